The normalized spacial score (nSPS) is 20.5. The molecule has 0 aliphatic carbocycles. The number of likely N-dealkylation sites (tertiary alicyclic amines) is 1. The summed E-state index contributed by atoms with van der Waals surface area (Å²) in [6, 6.07) is 21.7. The Labute approximate surface area is 217 Å². The van der Waals surface area contributed by atoms with E-state index in [1.807, 2.05) is 71.8 Å². The summed E-state index contributed by atoms with van der Waals surface area (Å²) in [5, 5.41) is 0. The van der Waals surface area contributed by atoms with Crippen molar-refractivity contribution in [1.82, 2.24) is 19.7 Å². The number of pyridine rings is 1. The van der Waals surface area contributed by atoms with Crippen LogP contribution in [0.25, 0.3) is 11.1 Å². The van der Waals surface area contributed by atoms with Crippen LogP contribution in [0.5, 0.6) is 0 Å². The van der Waals surface area contributed by atoms with Crippen molar-refractivity contribution in [2.24, 2.45) is 0 Å². The Morgan fingerprint density at radius 2 is 1.57 bits per heavy atom. The van der Waals surface area contributed by atoms with Gasteiger partial charge in [-0.25, -0.2) is 0 Å². The molecule has 3 heterocycles. The van der Waals surface area contributed by atoms with Gasteiger partial charge in [-0.3, -0.25) is 29.2 Å². The van der Waals surface area contributed by atoms with Gasteiger partial charge in [0, 0.05) is 58.8 Å². The van der Waals surface area contributed by atoms with Gasteiger partial charge in [0.15, 0.2) is 0 Å². The number of carbonyl (C=O) groups is 3. The summed E-state index contributed by atoms with van der Waals surface area (Å²) < 4.78 is 0. The van der Waals surface area contributed by atoms with Crippen LogP contribution in [0.1, 0.15) is 29.7 Å². The highest BCUT2D eigenvalue weighted by atomic mass is 16.2. The number of hydrogen-bond donors (Lipinski definition) is 0. The second kappa shape index (κ2) is 10.3. The first-order valence-electron chi connectivity index (χ1n) is 12.7. The number of rotatable bonds is 6. The molecule has 7 nitrogen and oxygen atoms in total. The molecule has 3 amide bonds. The quantitative estimate of drug-likeness (QED) is 0.489. The smallest absolute Gasteiger partial charge is 0.240 e. The third-order valence-corrected chi connectivity index (χ3v) is 7.75. The summed E-state index contributed by atoms with van der Waals surface area (Å²) in [7, 11) is 1.51. The Bertz CT molecular complexity index is 1300. The van der Waals surface area contributed by atoms with Gasteiger partial charge in [-0.05, 0) is 35.2 Å². The second-order valence-corrected chi connectivity index (χ2v) is 10.1. The fraction of sp³-hybridized carbons (Fsp3) is 0.333. The van der Waals surface area contributed by atoms with E-state index < -0.39 is 5.41 Å². The summed E-state index contributed by atoms with van der Waals surface area (Å²) in [4.78, 5) is 49.4. The molecule has 2 saturated heterocycles. The molecule has 3 aromatic rings. The van der Waals surface area contributed by atoms with Crippen molar-refractivity contribution in [3.8, 4) is 11.1 Å². The molecule has 0 N–H and O–H groups in total. The van der Waals surface area contributed by atoms with E-state index in [0.717, 1.165) is 42.0 Å². The zero-order valence-electron chi connectivity index (χ0n) is 21.4. The van der Waals surface area contributed by atoms with Crippen molar-refractivity contribution < 1.29 is 14.4 Å². The highest BCUT2D eigenvalue weighted by molar-refractivity contribution is 6.10. The molecule has 0 spiro atoms. The Morgan fingerprint density at radius 1 is 0.892 bits per heavy atom. The number of carbonyl (C=O) groups excluding carboxylic acids is 3. The average molecular weight is 497 g/mol. The van der Waals surface area contributed by atoms with Gasteiger partial charge in [-0.1, -0.05) is 60.7 Å². The van der Waals surface area contributed by atoms with Crippen LogP contribution >= 0.6 is 0 Å². The first-order valence-corrected chi connectivity index (χ1v) is 12.7. The Kier molecular flexibility index (Phi) is 6.89. The molecule has 1 atom stereocenters. The third kappa shape index (κ3) is 4.91. The van der Waals surface area contributed by atoms with Crippen molar-refractivity contribution in [3.05, 3.63) is 89.7 Å². The summed E-state index contributed by atoms with van der Waals surface area (Å²) >= 11 is 0. The van der Waals surface area contributed by atoms with Crippen LogP contribution in [0.2, 0.25) is 0 Å². The molecule has 7 heteroatoms. The van der Waals surface area contributed by atoms with E-state index in [1.165, 1.54) is 11.9 Å². The maximum Gasteiger partial charge on any atom is 0.240 e. The molecule has 2 fully saturated rings. The molecular formula is C30H32N4O3. The van der Waals surface area contributed by atoms with Crippen LogP contribution in [0, 0.1) is 6.92 Å². The molecule has 1 unspecified atom stereocenters. The first-order chi connectivity index (χ1) is 17.9. The van der Waals surface area contributed by atoms with Crippen molar-refractivity contribution in [3.63, 3.8) is 0 Å². The van der Waals surface area contributed by atoms with Crippen molar-refractivity contribution in [1.29, 1.82) is 0 Å². The van der Waals surface area contributed by atoms with Crippen LogP contribution in [-0.2, 0) is 26.3 Å². The van der Waals surface area contributed by atoms with Gasteiger partial charge in [0.25, 0.3) is 0 Å². The van der Waals surface area contributed by atoms with Crippen molar-refractivity contribution in [2.45, 2.75) is 31.7 Å². The van der Waals surface area contributed by atoms with E-state index in [4.69, 9.17) is 0 Å². The molecule has 2 aliphatic heterocycles. The summed E-state index contributed by atoms with van der Waals surface area (Å²) in [5.41, 5.74) is 3.86. The van der Waals surface area contributed by atoms with Gasteiger partial charge in [0.2, 0.25) is 17.7 Å². The number of aryl methyl sites for hydroxylation is 1. The minimum absolute atomic E-state index is 0.00799. The highest BCUT2D eigenvalue weighted by Gasteiger charge is 2.53. The molecule has 0 bridgehead atoms. The van der Waals surface area contributed by atoms with Gasteiger partial charge in [0.05, 0.1) is 11.1 Å². The van der Waals surface area contributed by atoms with Crippen LogP contribution in [0.4, 0.5) is 0 Å². The van der Waals surface area contributed by atoms with Crippen LogP contribution in [0.15, 0.2) is 72.9 Å². The van der Waals surface area contributed by atoms with Gasteiger partial charge in [0.1, 0.15) is 0 Å². The molecule has 0 saturated carbocycles. The first kappa shape index (κ1) is 24.8. The fourth-order valence-electron chi connectivity index (χ4n) is 5.39. The summed E-state index contributed by atoms with van der Waals surface area (Å²) in [6.07, 6.45) is 1.81. The van der Waals surface area contributed by atoms with Crippen LogP contribution < -0.4 is 0 Å². The van der Waals surface area contributed by atoms with Gasteiger partial charge >= 0.3 is 0 Å². The molecule has 2 aromatic carbocycles. The largest absolute Gasteiger partial charge is 0.340 e. The molecular weight excluding hydrogens is 464 g/mol. The van der Waals surface area contributed by atoms with E-state index in [1.54, 1.807) is 0 Å². The molecule has 37 heavy (non-hydrogen) atoms. The minimum Gasteiger partial charge on any atom is -0.340 e. The van der Waals surface area contributed by atoms with E-state index in [-0.39, 0.29) is 30.6 Å². The lowest BCUT2D eigenvalue weighted by molar-refractivity contribution is -0.142. The number of likely N-dealkylation sites (N-methyl/N-ethyl adjacent to an activating group) is 1. The lowest BCUT2D eigenvalue weighted by atomic mass is 9.75. The highest BCUT2D eigenvalue weighted by Crippen LogP contribution is 2.40. The van der Waals surface area contributed by atoms with Gasteiger partial charge < -0.3 is 4.90 Å². The lowest BCUT2D eigenvalue weighted by Gasteiger charge is -2.36. The number of benzene rings is 2. The van der Waals surface area contributed by atoms with Crippen molar-refractivity contribution >= 4 is 17.7 Å². The van der Waals surface area contributed by atoms with E-state index in [9.17, 15) is 14.4 Å². The predicted octanol–water partition coefficient (Wildman–Crippen LogP) is 3.42. The summed E-state index contributed by atoms with van der Waals surface area (Å²) in [6.45, 7) is 5.48. The minimum atomic E-state index is -1.17. The van der Waals surface area contributed by atoms with E-state index >= 15 is 0 Å². The molecule has 1 aromatic heterocycles. The van der Waals surface area contributed by atoms with E-state index in [2.05, 4.69) is 22.9 Å². The molecule has 2 aliphatic rings. The standard InChI is InChI=1S/C30H32N4O3/c1-22-7-6-14-31-26(22)21-33-15-17-34(18-16-33)28(36)20-30(19-27(35)32(2)29(30)37)25-12-10-24(11-13-25)23-8-4-3-5-9-23/h3-14H,15-21H2,1-2H3. The topological polar surface area (TPSA) is 73.8 Å². The molecule has 190 valence electrons. The summed E-state index contributed by atoms with van der Waals surface area (Å²) in [5.74, 6) is -0.639. The number of aromatic nitrogens is 1. The van der Waals surface area contributed by atoms with E-state index in [0.29, 0.717) is 18.7 Å². The Hall–Kier alpha value is -3.84. The average Bonchev–Trinajstić information content (AvgIpc) is 3.15. The number of imide groups is 1. The van der Waals surface area contributed by atoms with Gasteiger partial charge in [-0.2, -0.15) is 0 Å². The number of hydrogen-bond acceptors (Lipinski definition) is 5. The maximum atomic E-state index is 13.5. The molecule has 5 rings (SSSR count). The van der Waals surface area contributed by atoms with Crippen LogP contribution in [0.3, 0.4) is 0 Å². The van der Waals surface area contributed by atoms with Crippen molar-refractivity contribution in [2.75, 3.05) is 33.2 Å². The third-order valence-electron chi connectivity index (χ3n) is 7.75. The lowest BCUT2D eigenvalue weighted by Crippen LogP contribution is -2.50. The van der Waals surface area contributed by atoms with Gasteiger partial charge in [-0.15, -0.1) is 0 Å². The van der Waals surface area contributed by atoms with Crippen LogP contribution in [-0.4, -0.2) is 70.6 Å². The zero-order valence-corrected chi connectivity index (χ0v) is 21.4. The molecule has 0 radical (unpaired) electrons. The number of piperazine rings is 1. The Balaban J connectivity index is 1.31. The zero-order chi connectivity index (χ0) is 26.0. The number of amides is 3. The predicted molar refractivity (Wildman–Crippen MR) is 141 cm³/mol. The maximum absolute atomic E-state index is 13.5. The Morgan fingerprint density at radius 3 is 2.19 bits per heavy atom. The second-order valence-electron chi connectivity index (χ2n) is 10.1. The number of nitrogens with zero attached hydrogens (tertiary/aromatic N) is 4. The SMILES string of the molecule is Cc1cccnc1CN1CCN(C(=O)CC2(c3ccc(-c4ccccc4)cc3)CC(=O)N(C)C2=O)CC1. The fourth-order valence-corrected chi connectivity index (χ4v) is 5.39. The monoisotopic (exact) mass is 496 g/mol.